The van der Waals surface area contributed by atoms with Crippen LogP contribution in [0.2, 0.25) is 0 Å². The van der Waals surface area contributed by atoms with Crippen molar-refractivity contribution in [2.24, 2.45) is 51.8 Å². The van der Waals surface area contributed by atoms with Crippen molar-refractivity contribution < 1.29 is 19.8 Å². The Kier molecular flexibility index (Phi) is 5.86. The monoisotopic (exact) mass is 444 g/mol. The van der Waals surface area contributed by atoms with Gasteiger partial charge in [-0.05, 0) is 80.5 Å². The van der Waals surface area contributed by atoms with Gasteiger partial charge in [-0.1, -0.05) is 46.8 Å². The van der Waals surface area contributed by atoms with Crippen LogP contribution >= 0.6 is 0 Å². The molecule has 4 rings (SSSR count). The summed E-state index contributed by atoms with van der Waals surface area (Å²) in [6.45, 7) is 13.3. The second kappa shape index (κ2) is 7.77. The zero-order chi connectivity index (χ0) is 23.7. The summed E-state index contributed by atoms with van der Waals surface area (Å²) in [7, 11) is 0. The number of hydrogen-bond donors (Lipinski definition) is 2. The van der Waals surface area contributed by atoms with Crippen molar-refractivity contribution in [1.29, 1.82) is 0 Å². The van der Waals surface area contributed by atoms with Gasteiger partial charge in [0.25, 0.3) is 0 Å². The van der Waals surface area contributed by atoms with Gasteiger partial charge in [0.1, 0.15) is 12.1 Å². The second-order valence-corrected chi connectivity index (χ2v) is 12.7. The molecule has 0 spiro atoms. The summed E-state index contributed by atoms with van der Waals surface area (Å²) >= 11 is 0. The van der Waals surface area contributed by atoms with Crippen molar-refractivity contribution in [2.45, 2.75) is 98.2 Å². The van der Waals surface area contributed by atoms with Crippen molar-refractivity contribution in [2.75, 3.05) is 0 Å². The average molecular weight is 445 g/mol. The van der Waals surface area contributed by atoms with E-state index in [2.05, 4.69) is 46.8 Å². The number of hydrogen-bond acceptors (Lipinski definition) is 4. The number of fused-ring (bicyclic) bond motifs is 5. The smallest absolute Gasteiger partial charge is 0.146 e. The van der Waals surface area contributed by atoms with Crippen molar-refractivity contribution in [3.8, 4) is 0 Å². The van der Waals surface area contributed by atoms with Gasteiger partial charge in [-0.3, -0.25) is 4.79 Å². The van der Waals surface area contributed by atoms with Crippen molar-refractivity contribution in [3.05, 3.63) is 12.2 Å². The van der Waals surface area contributed by atoms with Crippen LogP contribution in [0.4, 0.5) is 0 Å². The van der Waals surface area contributed by atoms with E-state index in [1.807, 2.05) is 6.92 Å². The third-order valence-electron chi connectivity index (χ3n) is 11.1. The molecule has 4 saturated carbocycles. The Morgan fingerprint density at radius 3 is 2.31 bits per heavy atom. The maximum absolute atomic E-state index is 14.0. The molecular weight excluding hydrogens is 400 g/mol. The summed E-state index contributed by atoms with van der Waals surface area (Å²) in [6.07, 6.45) is 9.57. The number of carbonyl (C=O) groups excluding carboxylic acids is 2. The second-order valence-electron chi connectivity index (χ2n) is 12.7. The number of ketones is 1. The van der Waals surface area contributed by atoms with Crippen LogP contribution in [-0.4, -0.2) is 34.0 Å². The van der Waals surface area contributed by atoms with Crippen LogP contribution < -0.4 is 0 Å². The van der Waals surface area contributed by atoms with Crippen LogP contribution in [0, 0.1) is 51.8 Å². The van der Waals surface area contributed by atoms with E-state index in [1.165, 1.54) is 0 Å². The molecule has 0 heterocycles. The lowest BCUT2D eigenvalue weighted by molar-refractivity contribution is -0.194. The molecule has 4 heteroatoms. The molecule has 0 saturated heterocycles. The van der Waals surface area contributed by atoms with Crippen molar-refractivity contribution in [3.63, 3.8) is 0 Å². The summed E-state index contributed by atoms with van der Waals surface area (Å²) in [6, 6.07) is 0. The fourth-order valence-electron chi connectivity index (χ4n) is 8.59. The molecular formula is C28H44O4. The third kappa shape index (κ3) is 2.94. The van der Waals surface area contributed by atoms with Gasteiger partial charge in [-0.25, -0.2) is 0 Å². The number of aliphatic hydroxyl groups is 2. The lowest BCUT2D eigenvalue weighted by Gasteiger charge is -2.56. The van der Waals surface area contributed by atoms with Gasteiger partial charge < -0.3 is 15.0 Å². The number of carbonyl (C=O) groups is 2. The zero-order valence-electron chi connectivity index (χ0n) is 20.9. The minimum Gasteiger partial charge on any atom is -0.393 e. The summed E-state index contributed by atoms with van der Waals surface area (Å²) in [4.78, 5) is 26.8. The van der Waals surface area contributed by atoms with E-state index in [-0.39, 0.29) is 23.5 Å². The molecule has 180 valence electrons. The third-order valence-corrected chi connectivity index (χ3v) is 11.1. The van der Waals surface area contributed by atoms with Crippen LogP contribution in [0.15, 0.2) is 12.2 Å². The highest BCUT2D eigenvalue weighted by Crippen LogP contribution is 2.73. The fourth-order valence-corrected chi connectivity index (χ4v) is 8.59. The molecule has 0 aromatic carbocycles. The summed E-state index contributed by atoms with van der Waals surface area (Å²) in [5.41, 5.74) is -3.42. The number of Topliss-reactive ketones (excluding diaryl/α,β-unsaturated/α-hetero) is 1. The maximum Gasteiger partial charge on any atom is 0.146 e. The molecule has 4 aliphatic rings. The molecule has 0 bridgehead atoms. The topological polar surface area (TPSA) is 74.6 Å². The molecule has 0 unspecified atom stereocenters. The first kappa shape index (κ1) is 24.1. The van der Waals surface area contributed by atoms with Gasteiger partial charge in [0.2, 0.25) is 0 Å². The number of rotatable bonds is 5. The zero-order valence-corrected chi connectivity index (χ0v) is 20.9. The van der Waals surface area contributed by atoms with Gasteiger partial charge in [-0.2, -0.15) is 0 Å². The fraction of sp³-hybridized carbons (Fsp3) is 0.857. The first-order valence-corrected chi connectivity index (χ1v) is 13.0. The van der Waals surface area contributed by atoms with Crippen LogP contribution in [-0.2, 0) is 9.59 Å². The minimum atomic E-state index is -1.43. The molecule has 0 radical (unpaired) electrons. The van der Waals surface area contributed by atoms with Crippen LogP contribution in [0.25, 0.3) is 0 Å². The van der Waals surface area contributed by atoms with Gasteiger partial charge >= 0.3 is 0 Å². The standard InChI is InChI=1S/C28H44O4/c1-17(2)18(3)7-8-19(4)21-9-10-22-23-24(31)26(6)12-11-20(30)15-28(26,32)27(23,16-29)14-13-25(21,22)5/h7-8,16-23,30,32H,9-15H2,1-6H3/b8-7+/t18-,19+,20-,21+,22-,23-,25+,26+,27+,28-/m0/s1. The highest BCUT2D eigenvalue weighted by Gasteiger charge is 2.79. The van der Waals surface area contributed by atoms with Gasteiger partial charge in [0.05, 0.1) is 22.5 Å². The SMILES string of the molecule is CC(C)[C@@H](C)/C=C/[C@@H](C)[C@H]1CC[C@H]2[C@H]3C(=O)[C@@]4(C)CC[C@H](O)C[C@@]4(O)[C@@]3(C=O)CC[C@]12C. The van der Waals surface area contributed by atoms with Crippen LogP contribution in [0.1, 0.15) is 86.5 Å². The summed E-state index contributed by atoms with van der Waals surface area (Å²) < 4.78 is 0. The van der Waals surface area contributed by atoms with E-state index in [0.29, 0.717) is 42.9 Å². The molecule has 4 fully saturated rings. The van der Waals surface area contributed by atoms with E-state index < -0.39 is 28.5 Å². The van der Waals surface area contributed by atoms with Gasteiger partial charge in [0.15, 0.2) is 0 Å². The molecule has 4 aliphatic carbocycles. The molecule has 32 heavy (non-hydrogen) atoms. The van der Waals surface area contributed by atoms with Gasteiger partial charge in [-0.15, -0.1) is 0 Å². The Morgan fingerprint density at radius 1 is 1.00 bits per heavy atom. The van der Waals surface area contributed by atoms with E-state index in [0.717, 1.165) is 25.5 Å². The highest BCUT2D eigenvalue weighted by molar-refractivity contribution is 5.97. The van der Waals surface area contributed by atoms with E-state index in [1.54, 1.807) is 0 Å². The Morgan fingerprint density at radius 2 is 1.69 bits per heavy atom. The van der Waals surface area contributed by atoms with Crippen molar-refractivity contribution in [1.82, 2.24) is 0 Å². The lowest BCUT2D eigenvalue weighted by atomic mass is 9.49. The molecule has 2 N–H and O–H groups in total. The molecule has 4 nitrogen and oxygen atoms in total. The maximum atomic E-state index is 14.0. The Balaban J connectivity index is 1.69. The summed E-state index contributed by atoms with van der Waals surface area (Å²) in [5.74, 6) is 1.86. The van der Waals surface area contributed by atoms with E-state index in [4.69, 9.17) is 0 Å². The predicted molar refractivity (Wildman–Crippen MR) is 126 cm³/mol. The predicted octanol–water partition coefficient (Wildman–Crippen LogP) is 4.96. The minimum absolute atomic E-state index is 0.00348. The van der Waals surface area contributed by atoms with Gasteiger partial charge in [0, 0.05) is 12.3 Å². The normalized spacial score (nSPS) is 50.2. The quantitative estimate of drug-likeness (QED) is 0.464. The van der Waals surface area contributed by atoms with Crippen LogP contribution in [0.5, 0.6) is 0 Å². The van der Waals surface area contributed by atoms with E-state index >= 15 is 0 Å². The molecule has 0 aromatic heterocycles. The Labute approximate surface area is 194 Å². The number of aldehydes is 1. The van der Waals surface area contributed by atoms with E-state index in [9.17, 15) is 19.8 Å². The molecule has 0 aliphatic heterocycles. The highest BCUT2D eigenvalue weighted by atomic mass is 16.3. The Bertz CT molecular complexity index is 803. The number of allylic oxidation sites excluding steroid dienone is 2. The summed E-state index contributed by atoms with van der Waals surface area (Å²) in [5, 5.41) is 22.4. The first-order valence-electron chi connectivity index (χ1n) is 13.0. The average Bonchev–Trinajstić information content (AvgIpc) is 3.16. The molecule has 0 amide bonds. The Hall–Kier alpha value is -1.00. The molecule has 10 atom stereocenters. The number of aliphatic hydroxyl groups excluding tert-OH is 1. The van der Waals surface area contributed by atoms with Crippen molar-refractivity contribution >= 4 is 12.1 Å². The largest absolute Gasteiger partial charge is 0.393 e. The van der Waals surface area contributed by atoms with Crippen LogP contribution in [0.3, 0.4) is 0 Å². The first-order chi connectivity index (χ1) is 14.9. The molecule has 0 aromatic rings. The lowest BCUT2D eigenvalue weighted by Crippen LogP contribution is -2.61.